The fourth-order valence-corrected chi connectivity index (χ4v) is 2.22. The highest BCUT2D eigenvalue weighted by molar-refractivity contribution is 7.99. The summed E-state index contributed by atoms with van der Waals surface area (Å²) in [4.78, 5) is 11.7. The van der Waals surface area contributed by atoms with Crippen LogP contribution in [0.4, 0.5) is 4.39 Å². The van der Waals surface area contributed by atoms with Gasteiger partial charge in [-0.3, -0.25) is 0 Å². The first-order valence-corrected chi connectivity index (χ1v) is 5.72. The first-order chi connectivity index (χ1) is 7.65. The van der Waals surface area contributed by atoms with E-state index >= 15 is 0 Å². The van der Waals surface area contributed by atoms with Crippen LogP contribution in [0.15, 0.2) is 34.3 Å². The molecule has 0 bridgehead atoms. The Labute approximate surface area is 105 Å². The Morgan fingerprint density at radius 2 is 1.62 bits per heavy atom. The number of aromatic nitrogens is 3. The molecule has 82 valence electrons. The van der Waals surface area contributed by atoms with Crippen LogP contribution in [-0.2, 0) is 0 Å². The van der Waals surface area contributed by atoms with E-state index in [1.165, 1.54) is 6.07 Å². The highest BCUT2D eigenvalue weighted by Crippen LogP contribution is 2.27. The van der Waals surface area contributed by atoms with Gasteiger partial charge in [-0.05, 0) is 47.1 Å². The van der Waals surface area contributed by atoms with Crippen LogP contribution in [0.2, 0.25) is 10.6 Å². The van der Waals surface area contributed by atoms with E-state index in [0.29, 0.717) is 4.90 Å². The monoisotopic (exact) mass is 275 g/mol. The van der Waals surface area contributed by atoms with E-state index in [0.717, 1.165) is 11.8 Å². The number of hydrogen-bond acceptors (Lipinski definition) is 4. The van der Waals surface area contributed by atoms with E-state index < -0.39 is 0 Å². The summed E-state index contributed by atoms with van der Waals surface area (Å²) in [7, 11) is 0. The van der Waals surface area contributed by atoms with Gasteiger partial charge in [0, 0.05) is 0 Å². The van der Waals surface area contributed by atoms with Gasteiger partial charge in [0.15, 0.2) is 5.16 Å². The van der Waals surface area contributed by atoms with E-state index in [4.69, 9.17) is 23.2 Å². The van der Waals surface area contributed by atoms with Crippen molar-refractivity contribution in [3.63, 3.8) is 0 Å². The molecule has 2 aromatic rings. The van der Waals surface area contributed by atoms with Gasteiger partial charge in [0.25, 0.3) is 0 Å². The van der Waals surface area contributed by atoms with Crippen molar-refractivity contribution in [2.45, 2.75) is 10.1 Å². The van der Waals surface area contributed by atoms with Crippen molar-refractivity contribution in [1.29, 1.82) is 0 Å². The molecule has 0 saturated heterocycles. The van der Waals surface area contributed by atoms with E-state index in [1.807, 2.05) is 0 Å². The van der Waals surface area contributed by atoms with Crippen molar-refractivity contribution < 1.29 is 4.39 Å². The summed E-state index contributed by atoms with van der Waals surface area (Å²) < 4.78 is 13.3. The third kappa shape index (κ3) is 2.81. The SMILES string of the molecule is Fc1ccccc1Sc1nc(Cl)nc(Cl)n1. The lowest BCUT2D eigenvalue weighted by molar-refractivity contribution is 0.601. The molecule has 0 radical (unpaired) electrons. The van der Waals surface area contributed by atoms with Crippen LogP contribution in [0.1, 0.15) is 0 Å². The molecule has 1 aromatic carbocycles. The minimum Gasteiger partial charge on any atom is -0.206 e. The van der Waals surface area contributed by atoms with Gasteiger partial charge in [0.1, 0.15) is 5.82 Å². The van der Waals surface area contributed by atoms with Crippen LogP contribution < -0.4 is 0 Å². The number of rotatable bonds is 2. The third-order valence-corrected chi connectivity index (χ3v) is 2.85. The van der Waals surface area contributed by atoms with Gasteiger partial charge < -0.3 is 0 Å². The van der Waals surface area contributed by atoms with E-state index in [9.17, 15) is 4.39 Å². The van der Waals surface area contributed by atoms with Crippen molar-refractivity contribution in [2.75, 3.05) is 0 Å². The molecular weight excluding hydrogens is 272 g/mol. The predicted molar refractivity (Wildman–Crippen MR) is 60.4 cm³/mol. The van der Waals surface area contributed by atoms with Crippen molar-refractivity contribution in [1.82, 2.24) is 15.0 Å². The summed E-state index contributed by atoms with van der Waals surface area (Å²) in [5, 5.41) is 0.229. The first kappa shape index (κ1) is 11.6. The van der Waals surface area contributed by atoms with Gasteiger partial charge in [-0.25, -0.2) is 4.39 Å². The number of halogens is 3. The maximum Gasteiger partial charge on any atom is 0.227 e. The molecule has 0 fully saturated rings. The Balaban J connectivity index is 2.30. The molecular formula is C9H4Cl2FN3S. The zero-order valence-corrected chi connectivity index (χ0v) is 10.0. The lowest BCUT2D eigenvalue weighted by atomic mass is 10.4. The molecule has 0 amide bonds. The lowest BCUT2D eigenvalue weighted by Crippen LogP contribution is -1.92. The summed E-state index contributed by atoms with van der Waals surface area (Å²) in [6.45, 7) is 0. The summed E-state index contributed by atoms with van der Waals surface area (Å²) in [6, 6.07) is 6.29. The summed E-state index contributed by atoms with van der Waals surface area (Å²) >= 11 is 12.2. The van der Waals surface area contributed by atoms with Gasteiger partial charge in [-0.1, -0.05) is 12.1 Å². The maximum atomic E-state index is 13.3. The molecule has 0 aliphatic carbocycles. The molecule has 0 aliphatic rings. The van der Waals surface area contributed by atoms with Crippen molar-refractivity contribution in [3.05, 3.63) is 40.6 Å². The fraction of sp³-hybridized carbons (Fsp3) is 0. The quantitative estimate of drug-likeness (QED) is 0.841. The first-order valence-electron chi connectivity index (χ1n) is 4.14. The third-order valence-electron chi connectivity index (χ3n) is 1.60. The molecule has 0 atom stereocenters. The Kier molecular flexibility index (Phi) is 3.58. The van der Waals surface area contributed by atoms with Crippen LogP contribution in [0.3, 0.4) is 0 Å². The van der Waals surface area contributed by atoms with Gasteiger partial charge in [0.2, 0.25) is 10.6 Å². The molecule has 7 heteroatoms. The Hall–Kier alpha value is -0.910. The van der Waals surface area contributed by atoms with Gasteiger partial charge in [-0.2, -0.15) is 15.0 Å². The lowest BCUT2D eigenvalue weighted by Gasteiger charge is -2.01. The zero-order valence-electron chi connectivity index (χ0n) is 7.69. The predicted octanol–water partition coefficient (Wildman–Crippen LogP) is 3.47. The van der Waals surface area contributed by atoms with Gasteiger partial charge in [0.05, 0.1) is 4.90 Å². The van der Waals surface area contributed by atoms with Crippen LogP contribution in [0, 0.1) is 5.82 Å². The van der Waals surface area contributed by atoms with Crippen molar-refractivity contribution >= 4 is 35.0 Å². The minimum absolute atomic E-state index is 0.0150. The normalized spacial score (nSPS) is 10.4. The average molecular weight is 276 g/mol. The summed E-state index contributed by atoms with van der Waals surface area (Å²) in [6.07, 6.45) is 0. The molecule has 16 heavy (non-hydrogen) atoms. The minimum atomic E-state index is -0.347. The summed E-state index contributed by atoms with van der Waals surface area (Å²) in [5.74, 6) is -0.347. The Morgan fingerprint density at radius 1 is 1.00 bits per heavy atom. The molecule has 3 nitrogen and oxygen atoms in total. The van der Waals surface area contributed by atoms with E-state index in [1.54, 1.807) is 18.2 Å². The molecule has 2 rings (SSSR count). The van der Waals surface area contributed by atoms with Crippen LogP contribution in [0.5, 0.6) is 0 Å². The second-order valence-corrected chi connectivity index (χ2v) is 4.37. The topological polar surface area (TPSA) is 38.7 Å². The van der Waals surface area contributed by atoms with Crippen molar-refractivity contribution in [3.8, 4) is 0 Å². The highest BCUT2D eigenvalue weighted by Gasteiger charge is 2.08. The standard InChI is InChI=1S/C9H4Cl2FN3S/c10-7-13-8(11)15-9(14-7)16-6-4-2-1-3-5(6)12/h1-4H. The zero-order chi connectivity index (χ0) is 11.5. The molecule has 1 aromatic heterocycles. The number of benzene rings is 1. The molecule has 1 heterocycles. The second-order valence-electron chi connectivity index (χ2n) is 2.69. The summed E-state index contributed by atoms with van der Waals surface area (Å²) in [5.41, 5.74) is 0. The van der Waals surface area contributed by atoms with E-state index in [-0.39, 0.29) is 21.5 Å². The van der Waals surface area contributed by atoms with Crippen LogP contribution in [-0.4, -0.2) is 15.0 Å². The number of nitrogens with zero attached hydrogens (tertiary/aromatic N) is 3. The van der Waals surface area contributed by atoms with Crippen LogP contribution >= 0.6 is 35.0 Å². The smallest absolute Gasteiger partial charge is 0.206 e. The van der Waals surface area contributed by atoms with Gasteiger partial charge in [-0.15, -0.1) is 0 Å². The van der Waals surface area contributed by atoms with E-state index in [2.05, 4.69) is 15.0 Å². The molecule has 0 saturated carbocycles. The maximum absolute atomic E-state index is 13.3. The Morgan fingerprint density at radius 3 is 2.25 bits per heavy atom. The molecule has 0 N–H and O–H groups in total. The second kappa shape index (κ2) is 4.95. The molecule has 0 unspecified atom stereocenters. The van der Waals surface area contributed by atoms with Gasteiger partial charge >= 0.3 is 0 Å². The van der Waals surface area contributed by atoms with Crippen molar-refractivity contribution in [2.24, 2.45) is 0 Å². The largest absolute Gasteiger partial charge is 0.227 e. The number of hydrogen-bond donors (Lipinski definition) is 0. The molecule has 0 spiro atoms. The van der Waals surface area contributed by atoms with Crippen LogP contribution in [0.25, 0.3) is 0 Å². The fourth-order valence-electron chi connectivity index (χ4n) is 0.980. The highest BCUT2D eigenvalue weighted by atomic mass is 35.5. The Bertz CT molecular complexity index is 504. The average Bonchev–Trinajstić information content (AvgIpc) is 2.20. The molecule has 0 aliphatic heterocycles.